The Bertz CT molecular complexity index is 1060. The van der Waals surface area contributed by atoms with E-state index < -0.39 is 0 Å². The molecule has 0 amide bonds. The summed E-state index contributed by atoms with van der Waals surface area (Å²) in [6.07, 6.45) is 5.53. The molecule has 26 heavy (non-hydrogen) atoms. The highest BCUT2D eigenvalue weighted by molar-refractivity contribution is 5.91. The number of anilines is 1. The van der Waals surface area contributed by atoms with E-state index in [0.29, 0.717) is 11.8 Å². The number of fused-ring (bicyclic) bond motifs is 5. The van der Waals surface area contributed by atoms with Gasteiger partial charge in [-0.2, -0.15) is 0 Å². The van der Waals surface area contributed by atoms with Gasteiger partial charge in [0.25, 0.3) is 5.69 Å². The molecule has 0 aromatic heterocycles. The van der Waals surface area contributed by atoms with Crippen LogP contribution in [0.2, 0.25) is 0 Å². The van der Waals surface area contributed by atoms with E-state index >= 15 is 0 Å². The van der Waals surface area contributed by atoms with Crippen molar-refractivity contribution in [2.45, 2.75) is 18.4 Å². The molecule has 5 rings (SSSR count). The highest BCUT2D eigenvalue weighted by atomic mass is 16.6. The number of rotatable bonds is 2. The van der Waals surface area contributed by atoms with Gasteiger partial charge in [-0.3, -0.25) is 10.1 Å². The Labute approximate surface area is 151 Å². The first-order valence-corrected chi connectivity index (χ1v) is 8.91. The van der Waals surface area contributed by atoms with Crippen LogP contribution in [0.5, 0.6) is 0 Å². The zero-order valence-electron chi connectivity index (χ0n) is 14.1. The van der Waals surface area contributed by atoms with Crippen molar-refractivity contribution in [1.82, 2.24) is 0 Å². The lowest BCUT2D eigenvalue weighted by Crippen LogP contribution is -2.29. The number of nitro benzene ring substituents is 1. The number of nitrogens with zero attached hydrogens (tertiary/aromatic N) is 1. The number of nitro groups is 1. The molecule has 2 aliphatic rings. The second-order valence-corrected chi connectivity index (χ2v) is 7.08. The maximum Gasteiger partial charge on any atom is 0.269 e. The summed E-state index contributed by atoms with van der Waals surface area (Å²) in [6.45, 7) is 0. The topological polar surface area (TPSA) is 55.2 Å². The second-order valence-electron chi connectivity index (χ2n) is 7.08. The maximum atomic E-state index is 11.2. The van der Waals surface area contributed by atoms with Crippen molar-refractivity contribution >= 4 is 22.1 Å². The molecular weight excluding hydrogens is 324 g/mol. The minimum Gasteiger partial charge on any atom is -0.378 e. The van der Waals surface area contributed by atoms with Crippen molar-refractivity contribution in [2.75, 3.05) is 5.32 Å². The quantitative estimate of drug-likeness (QED) is 0.376. The van der Waals surface area contributed by atoms with Gasteiger partial charge in [-0.1, -0.05) is 54.6 Å². The van der Waals surface area contributed by atoms with Crippen LogP contribution in [0.25, 0.3) is 10.8 Å². The van der Waals surface area contributed by atoms with Crippen molar-refractivity contribution in [2.24, 2.45) is 5.92 Å². The summed E-state index contributed by atoms with van der Waals surface area (Å²) in [5.74, 6) is 0.705. The van der Waals surface area contributed by atoms with Crippen molar-refractivity contribution < 1.29 is 4.92 Å². The third-order valence-corrected chi connectivity index (χ3v) is 5.70. The average molecular weight is 342 g/mol. The smallest absolute Gasteiger partial charge is 0.269 e. The number of hydrogen-bond acceptors (Lipinski definition) is 3. The number of allylic oxidation sites excluding steroid dienone is 2. The summed E-state index contributed by atoms with van der Waals surface area (Å²) in [4.78, 5) is 10.9. The second kappa shape index (κ2) is 5.70. The molecule has 4 nitrogen and oxygen atoms in total. The van der Waals surface area contributed by atoms with Crippen LogP contribution in [0.1, 0.15) is 29.5 Å². The number of hydrogen-bond donors (Lipinski definition) is 1. The van der Waals surface area contributed by atoms with Crippen molar-refractivity contribution in [3.8, 4) is 0 Å². The third kappa shape index (κ3) is 2.22. The van der Waals surface area contributed by atoms with Gasteiger partial charge in [0.15, 0.2) is 0 Å². The van der Waals surface area contributed by atoms with Crippen LogP contribution in [0.4, 0.5) is 11.4 Å². The fourth-order valence-corrected chi connectivity index (χ4v) is 4.54. The van der Waals surface area contributed by atoms with Crippen LogP contribution in [0.3, 0.4) is 0 Å². The SMILES string of the molecule is O=[N+]([O-])c1cccc([C@@H]2Nc3ccc4ccccc4c3[C@@H]3C=CC[C@H]32)c1. The van der Waals surface area contributed by atoms with Gasteiger partial charge in [0.2, 0.25) is 0 Å². The zero-order valence-corrected chi connectivity index (χ0v) is 14.1. The van der Waals surface area contributed by atoms with Crippen LogP contribution in [-0.4, -0.2) is 4.92 Å². The van der Waals surface area contributed by atoms with Gasteiger partial charge in [-0.25, -0.2) is 0 Å². The van der Waals surface area contributed by atoms with E-state index in [4.69, 9.17) is 0 Å². The molecule has 1 aliphatic heterocycles. The fraction of sp³-hybridized carbons (Fsp3) is 0.182. The Kier molecular flexibility index (Phi) is 3.32. The van der Waals surface area contributed by atoms with Gasteiger partial charge in [0.05, 0.1) is 11.0 Å². The molecule has 0 saturated carbocycles. The normalized spacial score (nSPS) is 23.3. The van der Waals surface area contributed by atoms with Crippen molar-refractivity contribution in [1.29, 1.82) is 0 Å². The molecule has 4 heteroatoms. The first kappa shape index (κ1) is 15.1. The number of benzene rings is 3. The lowest BCUT2D eigenvalue weighted by molar-refractivity contribution is -0.384. The van der Waals surface area contributed by atoms with Crippen molar-refractivity contribution in [3.63, 3.8) is 0 Å². The first-order valence-electron chi connectivity index (χ1n) is 8.91. The molecule has 1 heterocycles. The summed E-state index contributed by atoms with van der Waals surface area (Å²) < 4.78 is 0. The lowest BCUT2D eigenvalue weighted by atomic mass is 9.75. The Morgan fingerprint density at radius 1 is 1.04 bits per heavy atom. The van der Waals surface area contributed by atoms with E-state index in [0.717, 1.165) is 17.7 Å². The van der Waals surface area contributed by atoms with Crippen LogP contribution < -0.4 is 5.32 Å². The predicted molar refractivity (Wildman–Crippen MR) is 103 cm³/mol. The Morgan fingerprint density at radius 2 is 1.92 bits per heavy atom. The van der Waals surface area contributed by atoms with Gasteiger partial charge >= 0.3 is 0 Å². The molecule has 0 fully saturated rings. The van der Waals surface area contributed by atoms with Gasteiger partial charge in [0, 0.05) is 23.7 Å². The Hall–Kier alpha value is -3.14. The zero-order chi connectivity index (χ0) is 17.7. The maximum absolute atomic E-state index is 11.2. The fourth-order valence-electron chi connectivity index (χ4n) is 4.54. The summed E-state index contributed by atoms with van der Waals surface area (Å²) in [5, 5.41) is 17.4. The molecular formula is C22H18N2O2. The van der Waals surface area contributed by atoms with E-state index in [1.54, 1.807) is 18.2 Å². The van der Waals surface area contributed by atoms with E-state index in [9.17, 15) is 10.1 Å². The molecule has 0 bridgehead atoms. The molecule has 3 atom stereocenters. The lowest BCUT2D eigenvalue weighted by Gasteiger charge is -2.38. The number of non-ortho nitro benzene ring substituents is 1. The monoisotopic (exact) mass is 342 g/mol. The van der Waals surface area contributed by atoms with Gasteiger partial charge in [-0.15, -0.1) is 0 Å². The Morgan fingerprint density at radius 3 is 2.81 bits per heavy atom. The third-order valence-electron chi connectivity index (χ3n) is 5.70. The molecule has 3 aromatic carbocycles. The summed E-state index contributed by atoms with van der Waals surface area (Å²) in [6, 6.07) is 19.9. The largest absolute Gasteiger partial charge is 0.378 e. The number of nitrogens with one attached hydrogen (secondary N) is 1. The van der Waals surface area contributed by atoms with Crippen molar-refractivity contribution in [3.05, 3.63) is 94.1 Å². The van der Waals surface area contributed by atoms with Gasteiger partial charge in [-0.05, 0) is 40.3 Å². The van der Waals surface area contributed by atoms with E-state index in [-0.39, 0.29) is 16.7 Å². The summed E-state index contributed by atoms with van der Waals surface area (Å²) in [7, 11) is 0. The molecule has 0 radical (unpaired) electrons. The first-order chi connectivity index (χ1) is 12.7. The summed E-state index contributed by atoms with van der Waals surface area (Å²) in [5.41, 5.74) is 3.62. The van der Waals surface area contributed by atoms with Crippen LogP contribution in [0, 0.1) is 16.0 Å². The average Bonchev–Trinajstić information content (AvgIpc) is 3.16. The van der Waals surface area contributed by atoms with E-state index in [1.165, 1.54) is 16.3 Å². The molecule has 3 aromatic rings. The van der Waals surface area contributed by atoms with E-state index in [1.807, 2.05) is 6.07 Å². The van der Waals surface area contributed by atoms with Crippen LogP contribution >= 0.6 is 0 Å². The predicted octanol–water partition coefficient (Wildman–Crippen LogP) is 5.57. The highest BCUT2D eigenvalue weighted by Crippen LogP contribution is 2.51. The van der Waals surface area contributed by atoms with Crippen LogP contribution in [-0.2, 0) is 0 Å². The molecule has 0 unspecified atom stereocenters. The minimum atomic E-state index is -0.321. The minimum absolute atomic E-state index is 0.0727. The van der Waals surface area contributed by atoms with Gasteiger partial charge in [0.1, 0.15) is 0 Å². The summed E-state index contributed by atoms with van der Waals surface area (Å²) >= 11 is 0. The molecule has 1 aliphatic carbocycles. The molecule has 0 spiro atoms. The van der Waals surface area contributed by atoms with Gasteiger partial charge < -0.3 is 5.32 Å². The molecule has 0 saturated heterocycles. The molecule has 128 valence electrons. The molecule has 1 N–H and O–H groups in total. The Balaban J connectivity index is 1.65. The standard InChI is InChI=1S/C22H18N2O2/c25-24(26)16-7-3-6-15(13-16)22-19-10-4-9-18(19)21-17-8-2-1-5-14(17)11-12-20(21)23-22/h1-9,11-13,18-19,22-23H,10H2/t18-,19-,22+/m1/s1. The van der Waals surface area contributed by atoms with Crippen LogP contribution in [0.15, 0.2) is 72.8 Å². The highest BCUT2D eigenvalue weighted by Gasteiger charge is 2.39. The van der Waals surface area contributed by atoms with E-state index in [2.05, 4.69) is 53.9 Å².